The molecule has 0 heterocycles. The van der Waals surface area contributed by atoms with Gasteiger partial charge in [0.2, 0.25) is 0 Å². The number of hydrogen-bond acceptors (Lipinski definition) is 6. The number of aliphatic hydroxyl groups excluding tert-OH is 2. The topological polar surface area (TPSA) is 159 Å². The normalized spacial score (nSPS) is 14.4. The van der Waals surface area contributed by atoms with Gasteiger partial charge in [0, 0.05) is 0 Å². The van der Waals surface area contributed by atoms with E-state index in [1.54, 1.807) is 0 Å². The largest absolute Gasteiger partial charge is 0.388 e. The minimum absolute atomic E-state index is 0.0451. The highest BCUT2D eigenvalue weighted by molar-refractivity contribution is 5.77. The molecule has 8 nitrogen and oxygen atoms in total. The Hall–Kier alpha value is -1.22. The van der Waals surface area contributed by atoms with Crippen LogP contribution < -0.4 is 11.5 Å². The lowest BCUT2D eigenvalue weighted by Crippen LogP contribution is -2.26. The van der Waals surface area contributed by atoms with Crippen molar-refractivity contribution in [1.29, 1.82) is 10.8 Å². The van der Waals surface area contributed by atoms with Gasteiger partial charge in [-0.05, 0) is 0 Å². The van der Waals surface area contributed by atoms with Crippen LogP contribution >= 0.6 is 0 Å². The molecule has 0 rings (SSSR count). The molecule has 8 N–H and O–H groups in total. The summed E-state index contributed by atoms with van der Waals surface area (Å²) in [5, 5.41) is 32.0. The molecule has 0 aromatic rings. The van der Waals surface area contributed by atoms with Crippen LogP contribution in [0.15, 0.2) is 0 Å². The van der Waals surface area contributed by atoms with Crippen LogP contribution in [0, 0.1) is 10.8 Å². The number of hydrogen-bond donors (Lipinski definition) is 6. The lowest BCUT2D eigenvalue weighted by atomic mass is 10.4. The Morgan fingerprint density at radius 3 is 1.50 bits per heavy atom. The van der Waals surface area contributed by atoms with E-state index in [9.17, 15) is 0 Å². The lowest BCUT2D eigenvalue weighted by Gasteiger charge is -2.13. The quantitative estimate of drug-likeness (QED) is 0.121. The zero-order valence-corrected chi connectivity index (χ0v) is 8.85. The first-order chi connectivity index (χ1) is 7.41. The van der Waals surface area contributed by atoms with Gasteiger partial charge in [0.25, 0.3) is 0 Å². The Labute approximate surface area is 93.2 Å². The fourth-order valence-corrected chi connectivity index (χ4v) is 0.862. The summed E-state index contributed by atoms with van der Waals surface area (Å²) in [5.74, 6) is -0.352. The first-order valence-corrected chi connectivity index (χ1v) is 4.67. The van der Waals surface area contributed by atoms with E-state index >= 15 is 0 Å². The third-order valence-electron chi connectivity index (χ3n) is 1.49. The molecule has 0 aromatic heterocycles. The molecule has 0 aliphatic carbocycles. The van der Waals surface area contributed by atoms with Gasteiger partial charge in [0.15, 0.2) is 12.6 Å². The molecule has 0 fully saturated rings. The molecule has 0 saturated carbocycles. The van der Waals surface area contributed by atoms with Gasteiger partial charge in [-0.25, -0.2) is 0 Å². The highest BCUT2D eigenvalue weighted by Gasteiger charge is 2.08. The Kier molecular flexibility index (Phi) is 7.38. The highest BCUT2D eigenvalue weighted by atomic mass is 16.6. The van der Waals surface area contributed by atoms with Crippen molar-refractivity contribution >= 4 is 11.7 Å². The Morgan fingerprint density at radius 2 is 1.25 bits per heavy atom. The molecule has 0 saturated heterocycles. The lowest BCUT2D eigenvalue weighted by molar-refractivity contribution is -0.142. The summed E-state index contributed by atoms with van der Waals surface area (Å²) in [6, 6.07) is 0. The number of ether oxygens (including phenoxy) is 2. The number of rotatable bonds is 9. The average Bonchev–Trinajstić information content (AvgIpc) is 2.10. The smallest absolute Gasteiger partial charge is 0.161 e. The molecule has 0 radical (unpaired) electrons. The minimum Gasteiger partial charge on any atom is -0.388 e. The summed E-state index contributed by atoms with van der Waals surface area (Å²) in [5.41, 5.74) is 10.1. The molecular formula is C8H18N4O4. The van der Waals surface area contributed by atoms with Crippen LogP contribution in [0.1, 0.15) is 12.8 Å². The van der Waals surface area contributed by atoms with Crippen LogP contribution in [-0.4, -0.2) is 47.7 Å². The van der Waals surface area contributed by atoms with Gasteiger partial charge in [-0.15, -0.1) is 0 Å². The third-order valence-corrected chi connectivity index (χ3v) is 1.49. The van der Waals surface area contributed by atoms with Crippen LogP contribution in [0.4, 0.5) is 0 Å². The van der Waals surface area contributed by atoms with Crippen molar-refractivity contribution in [2.45, 2.75) is 25.4 Å². The zero-order chi connectivity index (χ0) is 12.6. The predicted molar refractivity (Wildman–Crippen MR) is 57.0 cm³/mol. The van der Waals surface area contributed by atoms with Crippen molar-refractivity contribution in [3.05, 3.63) is 0 Å². The molecule has 0 spiro atoms. The van der Waals surface area contributed by atoms with Crippen LogP contribution in [0.3, 0.4) is 0 Å². The van der Waals surface area contributed by atoms with E-state index in [2.05, 4.69) is 0 Å². The van der Waals surface area contributed by atoms with Crippen LogP contribution in [0.25, 0.3) is 0 Å². The Bertz CT molecular complexity index is 212. The molecule has 0 aliphatic heterocycles. The molecular weight excluding hydrogens is 216 g/mol. The molecule has 0 aromatic carbocycles. The van der Waals surface area contributed by atoms with Gasteiger partial charge in [-0.1, -0.05) is 0 Å². The SMILES string of the molecule is N=C(N)CC(O)OCCOC(O)CC(=N)N. The average molecular weight is 234 g/mol. The number of nitrogens with two attached hydrogens (primary N) is 2. The second-order valence-electron chi connectivity index (χ2n) is 3.11. The van der Waals surface area contributed by atoms with Crippen molar-refractivity contribution in [3.8, 4) is 0 Å². The van der Waals surface area contributed by atoms with Crippen molar-refractivity contribution < 1.29 is 19.7 Å². The summed E-state index contributed by atoms with van der Waals surface area (Å²) in [7, 11) is 0. The van der Waals surface area contributed by atoms with E-state index in [1.165, 1.54) is 0 Å². The molecule has 0 amide bonds. The van der Waals surface area contributed by atoms with E-state index in [0.717, 1.165) is 0 Å². The summed E-state index contributed by atoms with van der Waals surface area (Å²) in [6.45, 7) is 0.0901. The predicted octanol–water partition coefficient (Wildman–Crippen LogP) is -1.69. The molecule has 16 heavy (non-hydrogen) atoms. The molecule has 94 valence electrons. The van der Waals surface area contributed by atoms with E-state index in [0.29, 0.717) is 0 Å². The minimum atomic E-state index is -1.15. The summed E-state index contributed by atoms with van der Waals surface area (Å²) in [6.07, 6.45) is -2.44. The maximum absolute atomic E-state index is 9.12. The molecule has 2 atom stereocenters. The van der Waals surface area contributed by atoms with Crippen molar-refractivity contribution in [1.82, 2.24) is 0 Å². The van der Waals surface area contributed by atoms with Gasteiger partial charge < -0.3 is 31.2 Å². The van der Waals surface area contributed by atoms with Crippen molar-refractivity contribution in [2.75, 3.05) is 13.2 Å². The fourth-order valence-electron chi connectivity index (χ4n) is 0.862. The van der Waals surface area contributed by atoms with Crippen LogP contribution in [0.5, 0.6) is 0 Å². The number of nitrogens with one attached hydrogen (secondary N) is 2. The molecule has 0 aliphatic rings. The van der Waals surface area contributed by atoms with Crippen LogP contribution in [-0.2, 0) is 9.47 Å². The van der Waals surface area contributed by atoms with E-state index in [1.807, 2.05) is 0 Å². The Morgan fingerprint density at radius 1 is 0.938 bits per heavy atom. The fraction of sp³-hybridized carbons (Fsp3) is 0.750. The van der Waals surface area contributed by atoms with Gasteiger partial charge in [-0.3, -0.25) is 10.8 Å². The monoisotopic (exact) mass is 234 g/mol. The van der Waals surface area contributed by atoms with Gasteiger partial charge in [0.05, 0.1) is 37.7 Å². The number of amidine groups is 2. The maximum Gasteiger partial charge on any atom is 0.161 e. The van der Waals surface area contributed by atoms with Gasteiger partial charge >= 0.3 is 0 Å². The number of aliphatic hydroxyl groups is 2. The standard InChI is InChI=1S/C8H18N4O4/c9-5(10)3-7(13)15-1-2-16-8(14)4-6(11)12/h7-8,13-14H,1-4H2,(H3,9,10)(H3,11,12). The maximum atomic E-state index is 9.12. The van der Waals surface area contributed by atoms with E-state index in [4.69, 9.17) is 42.0 Å². The first-order valence-electron chi connectivity index (χ1n) is 4.67. The second-order valence-corrected chi connectivity index (χ2v) is 3.11. The highest BCUT2D eigenvalue weighted by Crippen LogP contribution is 1.96. The van der Waals surface area contributed by atoms with E-state index in [-0.39, 0.29) is 37.7 Å². The molecule has 2 unspecified atom stereocenters. The molecule has 8 heteroatoms. The van der Waals surface area contributed by atoms with E-state index < -0.39 is 12.6 Å². The summed E-state index contributed by atoms with van der Waals surface area (Å²) < 4.78 is 9.64. The molecule has 0 bridgehead atoms. The van der Waals surface area contributed by atoms with Gasteiger partial charge in [0.1, 0.15) is 0 Å². The summed E-state index contributed by atoms with van der Waals surface area (Å²) >= 11 is 0. The first kappa shape index (κ1) is 14.8. The Balaban J connectivity index is 3.45. The van der Waals surface area contributed by atoms with Crippen molar-refractivity contribution in [2.24, 2.45) is 11.5 Å². The van der Waals surface area contributed by atoms with Gasteiger partial charge in [-0.2, -0.15) is 0 Å². The van der Waals surface area contributed by atoms with Crippen molar-refractivity contribution in [3.63, 3.8) is 0 Å². The zero-order valence-electron chi connectivity index (χ0n) is 8.85. The van der Waals surface area contributed by atoms with Crippen LogP contribution in [0.2, 0.25) is 0 Å². The summed E-state index contributed by atoms with van der Waals surface area (Å²) in [4.78, 5) is 0. The third kappa shape index (κ3) is 9.34. The second kappa shape index (κ2) is 7.99.